The number of fused-ring (bicyclic) bond motifs is 2. The van der Waals surface area contributed by atoms with Crippen molar-refractivity contribution >= 4 is 50.8 Å². The molecule has 1 N–H and O–H groups in total. The van der Waals surface area contributed by atoms with Gasteiger partial charge < -0.3 is 24.5 Å². The zero-order valence-electron chi connectivity index (χ0n) is 26.7. The second-order valence-electron chi connectivity index (χ2n) is 12.3. The van der Waals surface area contributed by atoms with Crippen LogP contribution in [0.25, 0.3) is 38.9 Å². The van der Waals surface area contributed by atoms with Gasteiger partial charge in [0.1, 0.15) is 28.7 Å². The van der Waals surface area contributed by atoms with Crippen LogP contribution in [-0.4, -0.2) is 87.7 Å². The average molecular weight is 682 g/mol. The molecule has 2 fully saturated rings. The summed E-state index contributed by atoms with van der Waals surface area (Å²) in [6.45, 7) is 1.78. The molecule has 1 unspecified atom stereocenters. The molecule has 1 amide bonds. The number of nitrogens with zero attached hydrogens (tertiary/aromatic N) is 7. The van der Waals surface area contributed by atoms with Crippen LogP contribution in [-0.2, 0) is 4.79 Å². The van der Waals surface area contributed by atoms with Gasteiger partial charge in [-0.05, 0) is 61.0 Å². The summed E-state index contributed by atoms with van der Waals surface area (Å²) in [5.74, 6) is -1.98. The topological polar surface area (TPSA) is 119 Å². The van der Waals surface area contributed by atoms with E-state index in [0.29, 0.717) is 28.4 Å². The summed E-state index contributed by atoms with van der Waals surface area (Å²) in [6, 6.07) is 15.6. The largest absolute Gasteiger partial charge is 0.508 e. The summed E-state index contributed by atoms with van der Waals surface area (Å²) in [5, 5.41) is 24.2. The van der Waals surface area contributed by atoms with Crippen molar-refractivity contribution in [3.63, 3.8) is 0 Å². The van der Waals surface area contributed by atoms with E-state index in [0.717, 1.165) is 36.2 Å². The van der Waals surface area contributed by atoms with Gasteiger partial charge in [-0.3, -0.25) is 4.79 Å². The number of piperazine rings is 1. The number of hydrogen-bond acceptors (Lipinski definition) is 10. The van der Waals surface area contributed by atoms with Crippen molar-refractivity contribution in [1.29, 1.82) is 5.26 Å². The Kier molecular flexibility index (Phi) is 9.07. The Hall–Kier alpha value is -5.19. The Morgan fingerprint density at radius 3 is 2.76 bits per heavy atom. The molecule has 250 valence electrons. The Morgan fingerprint density at radius 2 is 1.98 bits per heavy atom. The van der Waals surface area contributed by atoms with Gasteiger partial charge >= 0.3 is 6.01 Å². The molecule has 0 spiro atoms. The lowest BCUT2D eigenvalue weighted by molar-refractivity contribution is -0.131. The molecule has 49 heavy (non-hydrogen) atoms. The van der Waals surface area contributed by atoms with E-state index in [1.54, 1.807) is 23.6 Å². The van der Waals surface area contributed by atoms with Gasteiger partial charge in [0.15, 0.2) is 11.6 Å². The third-order valence-corrected chi connectivity index (χ3v) is 9.98. The molecule has 13 heteroatoms. The third-order valence-electron chi connectivity index (χ3n) is 9.26. The van der Waals surface area contributed by atoms with Crippen LogP contribution in [0.15, 0.2) is 65.9 Å². The molecule has 2 aromatic heterocycles. The fourth-order valence-corrected chi connectivity index (χ4v) is 7.28. The van der Waals surface area contributed by atoms with E-state index < -0.39 is 23.6 Å². The van der Waals surface area contributed by atoms with E-state index in [1.165, 1.54) is 28.5 Å². The van der Waals surface area contributed by atoms with Crippen molar-refractivity contribution in [2.75, 3.05) is 44.7 Å². The summed E-state index contributed by atoms with van der Waals surface area (Å²) in [6.07, 6.45) is 4.59. The lowest BCUT2D eigenvalue weighted by Gasteiger charge is -2.41. The molecule has 0 bridgehead atoms. The second kappa shape index (κ2) is 13.7. The predicted molar refractivity (Wildman–Crippen MR) is 184 cm³/mol. The zero-order chi connectivity index (χ0) is 34.1. The molecule has 2 atom stereocenters. The van der Waals surface area contributed by atoms with E-state index in [9.17, 15) is 15.2 Å². The summed E-state index contributed by atoms with van der Waals surface area (Å²) in [5.41, 5.74) is 0.808. The highest BCUT2D eigenvalue weighted by atomic mass is 32.1. The average Bonchev–Trinajstić information content (AvgIpc) is 3.78. The highest BCUT2D eigenvalue weighted by Gasteiger charge is 2.34. The normalized spacial score (nSPS) is 18.7. The van der Waals surface area contributed by atoms with E-state index in [2.05, 4.69) is 20.9 Å². The van der Waals surface area contributed by atoms with Crippen molar-refractivity contribution in [2.45, 2.75) is 31.3 Å². The van der Waals surface area contributed by atoms with Crippen LogP contribution in [0.3, 0.4) is 0 Å². The Bertz CT molecular complexity index is 2100. The quantitative estimate of drug-likeness (QED) is 0.192. The minimum atomic E-state index is -0.958. The highest BCUT2D eigenvalue weighted by Crippen LogP contribution is 2.38. The molecular formula is C36H33F2N7O3S. The first-order chi connectivity index (χ1) is 23.8. The number of ether oxygens (including phenoxy) is 1. The number of phenols is 1. The van der Waals surface area contributed by atoms with Crippen LogP contribution in [0.2, 0.25) is 0 Å². The zero-order valence-corrected chi connectivity index (χ0v) is 27.5. The van der Waals surface area contributed by atoms with Gasteiger partial charge in [-0.2, -0.15) is 15.2 Å². The van der Waals surface area contributed by atoms with E-state index in [1.807, 2.05) is 36.2 Å². The van der Waals surface area contributed by atoms with Crippen molar-refractivity contribution in [3.05, 3.63) is 76.8 Å². The van der Waals surface area contributed by atoms with E-state index in [4.69, 9.17) is 9.72 Å². The van der Waals surface area contributed by atoms with E-state index >= 15 is 8.78 Å². The minimum Gasteiger partial charge on any atom is -0.508 e. The molecule has 3 aromatic carbocycles. The van der Waals surface area contributed by atoms with Gasteiger partial charge in [-0.15, -0.1) is 11.3 Å². The molecule has 2 aliphatic heterocycles. The standard InChI is InChI=1S/C36H33F2N7O3S/c1-43-13-4-6-24(43)21-48-36-41-33-28(9-8-27(32(33)38)29-18-25(46)17-22-5-2-3-7-26(22)29)34(42-36)44-14-15-45(23(20-44)10-11-39)35(47)30(37)19-31-40-12-16-49-31/h2-3,5,7-9,12,16-19,23-24,46H,4,6,10,13-15,20-21H2,1H3/b30-19-/t23?,24-/m0/s1. The third kappa shape index (κ3) is 6.49. The van der Waals surface area contributed by atoms with Crippen LogP contribution in [0, 0.1) is 17.1 Å². The summed E-state index contributed by atoms with van der Waals surface area (Å²) >= 11 is 1.21. The maximum absolute atomic E-state index is 16.8. The van der Waals surface area contributed by atoms with Gasteiger partial charge in [-0.25, -0.2) is 13.8 Å². The molecule has 7 rings (SSSR count). The number of halogens is 2. The van der Waals surface area contributed by atoms with Gasteiger partial charge in [-0.1, -0.05) is 30.3 Å². The van der Waals surface area contributed by atoms with Crippen molar-refractivity contribution < 1.29 is 23.4 Å². The number of hydrogen-bond donors (Lipinski definition) is 1. The maximum atomic E-state index is 16.8. The molecule has 10 nitrogen and oxygen atoms in total. The highest BCUT2D eigenvalue weighted by molar-refractivity contribution is 7.10. The molecule has 5 aromatic rings. The SMILES string of the molecule is CN1CCC[C@H]1COc1nc(N2CCN(C(=O)/C(F)=C/c3nccs3)C(CC#N)C2)c2ccc(-c3cc(O)cc4ccccc34)c(F)c2n1. The first kappa shape index (κ1) is 32.4. The molecular weight excluding hydrogens is 649 g/mol. The predicted octanol–water partition coefficient (Wildman–Crippen LogP) is 6.17. The van der Waals surface area contributed by atoms with Crippen molar-refractivity contribution in [3.8, 4) is 29.0 Å². The lowest BCUT2D eigenvalue weighted by atomic mass is 9.96. The number of likely N-dealkylation sites (N-methyl/N-ethyl adjacent to an activating group) is 1. The minimum absolute atomic E-state index is 0.00683. The molecule has 2 saturated heterocycles. The summed E-state index contributed by atoms with van der Waals surface area (Å²) in [7, 11) is 2.03. The fourth-order valence-electron chi connectivity index (χ4n) is 6.73. The van der Waals surface area contributed by atoms with E-state index in [-0.39, 0.29) is 54.9 Å². The first-order valence-corrected chi connectivity index (χ1v) is 16.9. The van der Waals surface area contributed by atoms with Gasteiger partial charge in [0.25, 0.3) is 5.91 Å². The monoisotopic (exact) mass is 681 g/mol. The van der Waals surface area contributed by atoms with Gasteiger partial charge in [0.2, 0.25) is 0 Å². The smallest absolute Gasteiger partial charge is 0.319 e. The number of likely N-dealkylation sites (tertiary alicyclic amines) is 1. The molecule has 2 aliphatic rings. The summed E-state index contributed by atoms with van der Waals surface area (Å²) in [4.78, 5) is 32.0. The fraction of sp³-hybridized carbons (Fsp3) is 0.306. The first-order valence-electron chi connectivity index (χ1n) is 16.1. The Labute approximate surface area is 285 Å². The number of aromatic nitrogens is 3. The molecule has 0 saturated carbocycles. The molecule has 4 heterocycles. The van der Waals surface area contributed by atoms with Gasteiger partial charge in [0, 0.05) is 54.3 Å². The van der Waals surface area contributed by atoms with Crippen molar-refractivity contribution in [1.82, 2.24) is 24.8 Å². The number of carbonyl (C=O) groups is 1. The number of benzene rings is 3. The maximum Gasteiger partial charge on any atom is 0.319 e. The number of aromatic hydroxyl groups is 1. The Morgan fingerprint density at radius 1 is 1.12 bits per heavy atom. The number of amides is 1. The number of anilines is 1. The van der Waals surface area contributed by atoms with Crippen LogP contribution in [0.1, 0.15) is 24.3 Å². The van der Waals surface area contributed by atoms with Crippen LogP contribution in [0.4, 0.5) is 14.6 Å². The molecule has 0 radical (unpaired) electrons. The lowest BCUT2D eigenvalue weighted by Crippen LogP contribution is -2.55. The number of nitriles is 1. The van der Waals surface area contributed by atoms with Crippen molar-refractivity contribution in [2.24, 2.45) is 0 Å². The van der Waals surface area contributed by atoms with Crippen LogP contribution >= 0.6 is 11.3 Å². The number of rotatable bonds is 8. The summed E-state index contributed by atoms with van der Waals surface area (Å²) < 4.78 is 37.9. The Balaban J connectivity index is 1.27. The number of phenolic OH excluding ortho intramolecular Hbond substituents is 1. The van der Waals surface area contributed by atoms with Crippen LogP contribution < -0.4 is 9.64 Å². The van der Waals surface area contributed by atoms with Gasteiger partial charge in [0.05, 0.1) is 18.5 Å². The second-order valence-corrected chi connectivity index (χ2v) is 13.2. The van der Waals surface area contributed by atoms with Crippen LogP contribution in [0.5, 0.6) is 11.8 Å². The molecule has 0 aliphatic carbocycles. The number of thiazole rings is 1. The number of carbonyl (C=O) groups excluding carboxylic acids is 1.